The summed E-state index contributed by atoms with van der Waals surface area (Å²) < 4.78 is 0. The lowest BCUT2D eigenvalue weighted by Crippen LogP contribution is -2.52. The predicted molar refractivity (Wildman–Crippen MR) is 101 cm³/mol. The first-order chi connectivity index (χ1) is 11.8. The second-order valence-electron chi connectivity index (χ2n) is 6.93. The molecule has 0 aliphatic carbocycles. The second kappa shape index (κ2) is 7.97. The van der Waals surface area contributed by atoms with Gasteiger partial charge in [0.1, 0.15) is 0 Å². The Morgan fingerprint density at radius 1 is 0.840 bits per heavy atom. The number of amides is 2. The molecule has 0 saturated heterocycles. The Hall–Kier alpha value is -2.62. The number of rotatable bonds is 4. The normalized spacial score (nSPS) is 11.0. The maximum absolute atomic E-state index is 13.0. The van der Waals surface area contributed by atoms with Gasteiger partial charge in [-0.05, 0) is 45.4 Å². The predicted octanol–water partition coefficient (Wildman–Crippen LogP) is 3.87. The van der Waals surface area contributed by atoms with Gasteiger partial charge in [0.15, 0.2) is 0 Å². The lowest BCUT2D eigenvalue weighted by Gasteiger charge is -2.35. The topological polar surface area (TPSA) is 40.6 Å². The Morgan fingerprint density at radius 3 is 1.84 bits per heavy atom. The van der Waals surface area contributed by atoms with Crippen LogP contribution in [0.2, 0.25) is 0 Å². The van der Waals surface area contributed by atoms with Crippen molar-refractivity contribution in [3.8, 4) is 0 Å². The highest BCUT2D eigenvalue weighted by atomic mass is 16.2. The summed E-state index contributed by atoms with van der Waals surface area (Å²) >= 11 is 0. The molecular formula is C21H26N2O2. The fourth-order valence-electron chi connectivity index (χ4n) is 2.81. The van der Waals surface area contributed by atoms with Crippen molar-refractivity contribution in [2.24, 2.45) is 0 Å². The van der Waals surface area contributed by atoms with Crippen LogP contribution in [-0.4, -0.2) is 28.8 Å². The zero-order chi connectivity index (χ0) is 18.4. The zero-order valence-electron chi connectivity index (χ0n) is 15.4. The lowest BCUT2D eigenvalue weighted by molar-refractivity contribution is -0.147. The molecule has 0 aliphatic rings. The van der Waals surface area contributed by atoms with Gasteiger partial charge in [-0.1, -0.05) is 48.5 Å². The van der Waals surface area contributed by atoms with Crippen LogP contribution in [0.15, 0.2) is 60.7 Å². The fraction of sp³-hybridized carbons (Fsp3) is 0.333. The molecule has 0 spiro atoms. The Labute approximate surface area is 150 Å². The van der Waals surface area contributed by atoms with Gasteiger partial charge in [-0.3, -0.25) is 14.5 Å². The first-order valence-electron chi connectivity index (χ1n) is 8.57. The summed E-state index contributed by atoms with van der Waals surface area (Å²) in [5.41, 5.74) is 1.29. The summed E-state index contributed by atoms with van der Waals surface area (Å²) in [4.78, 5) is 29.0. The molecule has 0 aromatic heterocycles. The van der Waals surface area contributed by atoms with E-state index in [0.29, 0.717) is 13.1 Å². The molecule has 0 N–H and O–H groups in total. The van der Waals surface area contributed by atoms with Crippen molar-refractivity contribution in [3.63, 3.8) is 0 Å². The van der Waals surface area contributed by atoms with Crippen LogP contribution in [0.4, 0.5) is 5.69 Å². The van der Waals surface area contributed by atoms with E-state index in [-0.39, 0.29) is 0 Å². The summed E-state index contributed by atoms with van der Waals surface area (Å²) in [6.45, 7) is 8.54. The SMILES string of the molecule is CCN(C(=O)C(=O)N(Cc1ccccc1)c1ccccc1)C(C)(C)C. The van der Waals surface area contributed by atoms with Gasteiger partial charge in [0.25, 0.3) is 0 Å². The summed E-state index contributed by atoms with van der Waals surface area (Å²) in [5.74, 6) is -0.985. The summed E-state index contributed by atoms with van der Waals surface area (Å²) in [5, 5.41) is 0. The molecule has 132 valence electrons. The van der Waals surface area contributed by atoms with Crippen LogP contribution < -0.4 is 4.90 Å². The van der Waals surface area contributed by atoms with Crippen molar-refractivity contribution in [3.05, 3.63) is 66.2 Å². The minimum Gasteiger partial charge on any atom is -0.330 e. The van der Waals surface area contributed by atoms with Crippen LogP contribution in [0.25, 0.3) is 0 Å². The molecule has 2 rings (SSSR count). The molecule has 25 heavy (non-hydrogen) atoms. The van der Waals surface area contributed by atoms with E-state index in [4.69, 9.17) is 0 Å². The van der Waals surface area contributed by atoms with Crippen LogP contribution in [0.5, 0.6) is 0 Å². The van der Waals surface area contributed by atoms with Gasteiger partial charge < -0.3 is 4.90 Å². The van der Waals surface area contributed by atoms with Gasteiger partial charge in [0.2, 0.25) is 0 Å². The molecule has 0 radical (unpaired) electrons. The first kappa shape index (κ1) is 18.7. The van der Waals surface area contributed by atoms with Gasteiger partial charge >= 0.3 is 11.8 Å². The molecule has 2 amide bonds. The summed E-state index contributed by atoms with van der Waals surface area (Å²) in [6.07, 6.45) is 0. The van der Waals surface area contributed by atoms with Gasteiger partial charge in [-0.15, -0.1) is 0 Å². The number of carbonyl (C=O) groups excluding carboxylic acids is 2. The zero-order valence-corrected chi connectivity index (χ0v) is 15.4. The lowest BCUT2D eigenvalue weighted by atomic mass is 10.1. The third-order valence-electron chi connectivity index (χ3n) is 4.05. The molecule has 4 heteroatoms. The number of nitrogens with zero attached hydrogens (tertiary/aromatic N) is 2. The van der Waals surface area contributed by atoms with Crippen LogP contribution in [0.3, 0.4) is 0 Å². The fourth-order valence-corrected chi connectivity index (χ4v) is 2.81. The number of para-hydroxylation sites is 1. The molecule has 0 bridgehead atoms. The highest BCUT2D eigenvalue weighted by Crippen LogP contribution is 2.20. The Morgan fingerprint density at radius 2 is 1.36 bits per heavy atom. The molecular weight excluding hydrogens is 312 g/mol. The smallest absolute Gasteiger partial charge is 0.316 e. The van der Waals surface area contributed by atoms with Crippen molar-refractivity contribution in [2.75, 3.05) is 11.4 Å². The standard InChI is InChI=1S/C21H26N2O2/c1-5-23(21(2,3)4)20(25)19(24)22(18-14-10-7-11-15-18)16-17-12-8-6-9-13-17/h6-15H,5,16H2,1-4H3. The Balaban J connectivity index is 2.34. The molecule has 4 nitrogen and oxygen atoms in total. The summed E-state index contributed by atoms with van der Waals surface area (Å²) in [7, 11) is 0. The largest absolute Gasteiger partial charge is 0.330 e. The summed E-state index contributed by atoms with van der Waals surface area (Å²) in [6, 6.07) is 19.0. The van der Waals surface area contributed by atoms with E-state index in [1.807, 2.05) is 88.4 Å². The number of anilines is 1. The number of carbonyl (C=O) groups is 2. The van der Waals surface area contributed by atoms with E-state index in [1.165, 1.54) is 0 Å². The number of hydrogen-bond acceptors (Lipinski definition) is 2. The van der Waals surface area contributed by atoms with Crippen molar-refractivity contribution in [2.45, 2.75) is 39.8 Å². The average molecular weight is 338 g/mol. The Bertz CT molecular complexity index is 706. The maximum atomic E-state index is 13.0. The molecule has 2 aromatic rings. The number of benzene rings is 2. The van der Waals surface area contributed by atoms with Gasteiger partial charge in [-0.25, -0.2) is 0 Å². The van der Waals surface area contributed by atoms with Crippen LogP contribution in [0.1, 0.15) is 33.3 Å². The van der Waals surface area contributed by atoms with Crippen molar-refractivity contribution < 1.29 is 9.59 Å². The van der Waals surface area contributed by atoms with Crippen LogP contribution in [0, 0.1) is 0 Å². The van der Waals surface area contributed by atoms with E-state index in [0.717, 1.165) is 11.3 Å². The van der Waals surface area contributed by atoms with E-state index >= 15 is 0 Å². The Kier molecular flexibility index (Phi) is 5.97. The van der Waals surface area contributed by atoms with E-state index in [1.54, 1.807) is 9.80 Å². The maximum Gasteiger partial charge on any atom is 0.316 e. The average Bonchev–Trinajstić information content (AvgIpc) is 2.60. The quantitative estimate of drug-likeness (QED) is 0.794. The second-order valence-corrected chi connectivity index (χ2v) is 6.93. The van der Waals surface area contributed by atoms with Crippen molar-refractivity contribution in [1.82, 2.24) is 4.90 Å². The molecule has 0 saturated carbocycles. The monoisotopic (exact) mass is 338 g/mol. The third kappa shape index (κ3) is 4.69. The van der Waals surface area contributed by atoms with Gasteiger partial charge in [0, 0.05) is 17.8 Å². The van der Waals surface area contributed by atoms with E-state index in [2.05, 4.69) is 0 Å². The van der Waals surface area contributed by atoms with Crippen molar-refractivity contribution >= 4 is 17.5 Å². The van der Waals surface area contributed by atoms with Crippen molar-refractivity contribution in [1.29, 1.82) is 0 Å². The first-order valence-corrected chi connectivity index (χ1v) is 8.57. The molecule has 0 unspecified atom stereocenters. The molecule has 0 atom stereocenters. The van der Waals surface area contributed by atoms with Gasteiger partial charge in [-0.2, -0.15) is 0 Å². The number of likely N-dealkylation sites (N-methyl/N-ethyl adjacent to an activating group) is 1. The minimum absolute atomic E-state index is 0.358. The molecule has 0 aliphatic heterocycles. The van der Waals surface area contributed by atoms with Crippen LogP contribution >= 0.6 is 0 Å². The third-order valence-corrected chi connectivity index (χ3v) is 4.05. The van der Waals surface area contributed by atoms with Crippen LogP contribution in [-0.2, 0) is 16.1 Å². The highest BCUT2D eigenvalue weighted by Gasteiger charge is 2.33. The van der Waals surface area contributed by atoms with E-state index in [9.17, 15) is 9.59 Å². The minimum atomic E-state index is -0.508. The highest BCUT2D eigenvalue weighted by molar-refractivity contribution is 6.40. The van der Waals surface area contributed by atoms with E-state index < -0.39 is 17.4 Å². The molecule has 0 heterocycles. The molecule has 2 aromatic carbocycles. The van der Waals surface area contributed by atoms with Gasteiger partial charge in [0.05, 0.1) is 6.54 Å². The number of hydrogen-bond donors (Lipinski definition) is 0. The molecule has 0 fully saturated rings.